The van der Waals surface area contributed by atoms with E-state index in [9.17, 15) is 9.59 Å². The van der Waals surface area contributed by atoms with Gasteiger partial charge in [0.1, 0.15) is 0 Å². The summed E-state index contributed by atoms with van der Waals surface area (Å²) in [6.45, 7) is 2.29. The largest absolute Gasteiger partial charge is 0.351 e. The first-order valence-corrected chi connectivity index (χ1v) is 4.27. The van der Waals surface area contributed by atoms with Gasteiger partial charge in [-0.2, -0.15) is 0 Å². The highest BCUT2D eigenvalue weighted by atomic mass is 16.2. The summed E-state index contributed by atoms with van der Waals surface area (Å²) in [4.78, 5) is 25.3. The van der Waals surface area contributed by atoms with Gasteiger partial charge in [-0.05, 0) is 0 Å². The molecular formula is C7H12N4O2. The second-order valence-electron chi connectivity index (χ2n) is 3.32. The first-order chi connectivity index (χ1) is 6.18. The van der Waals surface area contributed by atoms with E-state index in [2.05, 4.69) is 5.32 Å². The first kappa shape index (κ1) is 8.15. The van der Waals surface area contributed by atoms with Crippen LogP contribution in [-0.2, 0) is 0 Å². The Balaban J connectivity index is 2.03. The third kappa shape index (κ3) is 1.28. The Morgan fingerprint density at radius 1 is 1.54 bits per heavy atom. The van der Waals surface area contributed by atoms with E-state index in [4.69, 9.17) is 5.73 Å². The molecule has 0 saturated carbocycles. The molecule has 4 amide bonds. The molecule has 6 heteroatoms. The number of rotatable bonds is 0. The maximum Gasteiger partial charge on any atom is 0.317 e. The lowest BCUT2D eigenvalue weighted by Crippen LogP contribution is -2.55. The highest BCUT2D eigenvalue weighted by Gasteiger charge is 2.36. The van der Waals surface area contributed by atoms with Crippen LogP contribution in [0.5, 0.6) is 0 Å². The molecule has 0 radical (unpaired) electrons. The van der Waals surface area contributed by atoms with Crippen molar-refractivity contribution in [3.05, 3.63) is 0 Å². The van der Waals surface area contributed by atoms with Crippen LogP contribution in [0.3, 0.4) is 0 Å². The molecule has 3 N–H and O–H groups in total. The number of fused-ring (bicyclic) bond motifs is 1. The highest BCUT2D eigenvalue weighted by Crippen LogP contribution is 2.13. The lowest BCUT2D eigenvalue weighted by molar-refractivity contribution is 0.134. The minimum atomic E-state index is -0.404. The van der Waals surface area contributed by atoms with E-state index in [1.807, 2.05) is 0 Å². The SMILES string of the molecule is NC(=O)N1CCN2C(=O)NCC2C1. The van der Waals surface area contributed by atoms with Gasteiger partial charge >= 0.3 is 12.1 Å². The van der Waals surface area contributed by atoms with Crippen LogP contribution < -0.4 is 11.1 Å². The third-order valence-electron chi connectivity index (χ3n) is 2.54. The number of primary amides is 1. The van der Waals surface area contributed by atoms with E-state index in [1.54, 1.807) is 9.80 Å². The highest BCUT2D eigenvalue weighted by molar-refractivity contribution is 5.78. The van der Waals surface area contributed by atoms with Gasteiger partial charge < -0.3 is 20.9 Å². The van der Waals surface area contributed by atoms with Gasteiger partial charge in [0, 0.05) is 26.2 Å². The van der Waals surface area contributed by atoms with Crippen LogP contribution in [0.4, 0.5) is 9.59 Å². The van der Waals surface area contributed by atoms with Crippen LogP contribution in [0, 0.1) is 0 Å². The van der Waals surface area contributed by atoms with Crippen LogP contribution >= 0.6 is 0 Å². The Morgan fingerprint density at radius 2 is 2.31 bits per heavy atom. The summed E-state index contributed by atoms with van der Waals surface area (Å²) in [5.41, 5.74) is 5.15. The van der Waals surface area contributed by atoms with Crippen molar-refractivity contribution in [3.8, 4) is 0 Å². The number of nitrogens with two attached hydrogens (primary N) is 1. The third-order valence-corrected chi connectivity index (χ3v) is 2.54. The average Bonchev–Trinajstić information content (AvgIpc) is 2.47. The van der Waals surface area contributed by atoms with Crippen LogP contribution in [0.1, 0.15) is 0 Å². The molecule has 1 atom stereocenters. The molecule has 2 heterocycles. The molecular weight excluding hydrogens is 172 g/mol. The minimum absolute atomic E-state index is 0.0332. The Labute approximate surface area is 75.6 Å². The number of urea groups is 2. The van der Waals surface area contributed by atoms with Crippen molar-refractivity contribution in [1.82, 2.24) is 15.1 Å². The fraction of sp³-hybridized carbons (Fsp3) is 0.714. The van der Waals surface area contributed by atoms with E-state index in [0.29, 0.717) is 26.2 Å². The summed E-state index contributed by atoms with van der Waals surface area (Å²) in [6, 6.07) is -0.332. The fourth-order valence-corrected chi connectivity index (χ4v) is 1.80. The Morgan fingerprint density at radius 3 is 3.00 bits per heavy atom. The number of nitrogens with zero attached hydrogens (tertiary/aromatic N) is 2. The zero-order valence-corrected chi connectivity index (χ0v) is 7.19. The molecule has 0 aliphatic carbocycles. The van der Waals surface area contributed by atoms with Crippen molar-refractivity contribution in [2.45, 2.75) is 6.04 Å². The van der Waals surface area contributed by atoms with Crippen molar-refractivity contribution >= 4 is 12.1 Å². The fourth-order valence-electron chi connectivity index (χ4n) is 1.80. The van der Waals surface area contributed by atoms with Gasteiger partial charge in [-0.3, -0.25) is 0 Å². The van der Waals surface area contributed by atoms with Crippen LogP contribution in [0.15, 0.2) is 0 Å². The quantitative estimate of drug-likeness (QED) is 0.494. The van der Waals surface area contributed by atoms with E-state index in [-0.39, 0.29) is 12.1 Å². The van der Waals surface area contributed by atoms with Crippen molar-refractivity contribution < 1.29 is 9.59 Å². The Hall–Kier alpha value is -1.46. The molecule has 2 saturated heterocycles. The molecule has 0 aromatic rings. The first-order valence-electron chi connectivity index (χ1n) is 4.27. The van der Waals surface area contributed by atoms with Crippen molar-refractivity contribution in [2.24, 2.45) is 5.73 Å². The van der Waals surface area contributed by atoms with E-state index in [0.717, 1.165) is 0 Å². The van der Waals surface area contributed by atoms with Gasteiger partial charge in [0.2, 0.25) is 0 Å². The molecule has 13 heavy (non-hydrogen) atoms. The molecule has 1 unspecified atom stereocenters. The number of carbonyl (C=O) groups excluding carboxylic acids is 2. The number of piperazine rings is 1. The lowest BCUT2D eigenvalue weighted by atomic mass is 10.2. The number of amides is 4. The predicted molar refractivity (Wildman–Crippen MR) is 45.0 cm³/mol. The summed E-state index contributed by atoms with van der Waals surface area (Å²) in [5.74, 6) is 0. The van der Waals surface area contributed by atoms with Gasteiger partial charge in [0.25, 0.3) is 0 Å². The molecule has 6 nitrogen and oxygen atoms in total. The topological polar surface area (TPSA) is 78.7 Å². The molecule has 2 aliphatic heterocycles. The summed E-state index contributed by atoms with van der Waals surface area (Å²) < 4.78 is 0. The second-order valence-corrected chi connectivity index (χ2v) is 3.32. The summed E-state index contributed by atoms with van der Waals surface area (Å²) >= 11 is 0. The molecule has 0 bridgehead atoms. The van der Waals surface area contributed by atoms with Gasteiger partial charge in [-0.25, -0.2) is 9.59 Å². The number of hydrogen-bond donors (Lipinski definition) is 2. The summed E-state index contributed by atoms with van der Waals surface area (Å²) in [5, 5.41) is 2.73. The molecule has 2 fully saturated rings. The van der Waals surface area contributed by atoms with Gasteiger partial charge in [0.15, 0.2) is 0 Å². The predicted octanol–water partition coefficient (Wildman–Crippen LogP) is -1.23. The van der Waals surface area contributed by atoms with Gasteiger partial charge in [-0.1, -0.05) is 0 Å². The Bertz CT molecular complexity index is 255. The van der Waals surface area contributed by atoms with E-state index < -0.39 is 6.03 Å². The maximum absolute atomic E-state index is 11.2. The molecule has 72 valence electrons. The average molecular weight is 184 g/mol. The van der Waals surface area contributed by atoms with E-state index in [1.165, 1.54) is 0 Å². The lowest BCUT2D eigenvalue weighted by Gasteiger charge is -2.35. The molecule has 0 aromatic heterocycles. The van der Waals surface area contributed by atoms with Crippen LogP contribution in [-0.4, -0.2) is 54.1 Å². The summed E-state index contributed by atoms with van der Waals surface area (Å²) in [7, 11) is 0. The van der Waals surface area contributed by atoms with Crippen molar-refractivity contribution in [2.75, 3.05) is 26.2 Å². The molecule has 0 spiro atoms. The van der Waals surface area contributed by atoms with Gasteiger partial charge in [-0.15, -0.1) is 0 Å². The van der Waals surface area contributed by atoms with E-state index >= 15 is 0 Å². The molecule has 2 rings (SSSR count). The summed E-state index contributed by atoms with van der Waals surface area (Å²) in [6.07, 6.45) is 0. The maximum atomic E-state index is 11.2. The van der Waals surface area contributed by atoms with Crippen LogP contribution in [0.25, 0.3) is 0 Å². The number of hydrogen-bond acceptors (Lipinski definition) is 2. The smallest absolute Gasteiger partial charge is 0.317 e. The normalized spacial score (nSPS) is 27.1. The molecule has 0 aromatic carbocycles. The van der Waals surface area contributed by atoms with Crippen molar-refractivity contribution in [1.29, 1.82) is 0 Å². The number of nitrogens with one attached hydrogen (secondary N) is 1. The van der Waals surface area contributed by atoms with Crippen LogP contribution in [0.2, 0.25) is 0 Å². The Kier molecular flexibility index (Phi) is 1.75. The standard InChI is InChI=1S/C7H12N4O2/c8-6(12)10-1-2-11-5(4-10)3-9-7(11)13/h5H,1-4H2,(H2,8,12)(H,9,13). The zero-order chi connectivity index (χ0) is 9.42. The minimum Gasteiger partial charge on any atom is -0.351 e. The number of carbonyl (C=O) groups is 2. The van der Waals surface area contributed by atoms with Gasteiger partial charge in [0.05, 0.1) is 6.04 Å². The zero-order valence-electron chi connectivity index (χ0n) is 7.19. The van der Waals surface area contributed by atoms with Crippen molar-refractivity contribution in [3.63, 3.8) is 0 Å². The monoisotopic (exact) mass is 184 g/mol. The second kappa shape index (κ2) is 2.79. The molecule has 2 aliphatic rings.